The molecule has 2 aromatic carbocycles. The topological polar surface area (TPSA) is 106 Å². The summed E-state index contributed by atoms with van der Waals surface area (Å²) < 4.78 is 31.1. The number of benzene rings is 2. The summed E-state index contributed by atoms with van der Waals surface area (Å²) in [4.78, 5) is 0. The van der Waals surface area contributed by atoms with Gasteiger partial charge in [0.2, 0.25) is 18.6 Å². The molecule has 1 aromatic heterocycles. The Labute approximate surface area is 169 Å². The minimum absolute atomic E-state index is 0.0490. The molecule has 0 saturated carbocycles. The van der Waals surface area contributed by atoms with Gasteiger partial charge in [-0.2, -0.15) is 5.26 Å². The largest absolute Gasteiger partial charge is 0.454 e. The van der Waals surface area contributed by atoms with Crippen LogP contribution in [0.15, 0.2) is 47.9 Å². The third-order valence-corrected chi connectivity index (χ3v) is 5.22. The number of nitrogens with zero attached hydrogens (tertiary/aromatic N) is 2. The second kappa shape index (κ2) is 6.43. The smallest absolute Gasteiger partial charge is 0.244 e. The zero-order chi connectivity index (χ0) is 20.1. The monoisotopic (exact) mass is 410 g/mol. The third-order valence-electron chi connectivity index (χ3n) is 4.89. The van der Waals surface area contributed by atoms with Crippen molar-refractivity contribution in [2.75, 3.05) is 6.79 Å². The van der Waals surface area contributed by atoms with Crippen molar-refractivity contribution in [2.24, 2.45) is 5.73 Å². The van der Waals surface area contributed by atoms with Crippen molar-refractivity contribution in [1.82, 2.24) is 10.2 Å². The van der Waals surface area contributed by atoms with Gasteiger partial charge in [-0.25, -0.2) is 4.39 Å². The van der Waals surface area contributed by atoms with E-state index < -0.39 is 11.7 Å². The molecule has 144 valence electrons. The van der Waals surface area contributed by atoms with Crippen molar-refractivity contribution in [2.45, 2.75) is 5.92 Å². The van der Waals surface area contributed by atoms with Crippen molar-refractivity contribution in [1.29, 1.82) is 5.26 Å². The Morgan fingerprint density at radius 1 is 1.21 bits per heavy atom. The molecule has 2 aliphatic heterocycles. The quantitative estimate of drug-likeness (QED) is 0.665. The molecule has 9 heteroatoms. The van der Waals surface area contributed by atoms with Crippen molar-refractivity contribution in [3.63, 3.8) is 0 Å². The average molecular weight is 411 g/mol. The van der Waals surface area contributed by atoms with Crippen LogP contribution in [0.3, 0.4) is 0 Å². The first-order chi connectivity index (χ1) is 14.1. The fourth-order valence-electron chi connectivity index (χ4n) is 3.59. The summed E-state index contributed by atoms with van der Waals surface area (Å²) in [5.74, 6) is -0.260. The van der Waals surface area contributed by atoms with Crippen LogP contribution < -0.4 is 19.9 Å². The lowest BCUT2D eigenvalue weighted by Gasteiger charge is -2.25. The molecular formula is C20H12ClFN4O3. The van der Waals surface area contributed by atoms with Crippen molar-refractivity contribution in [3.05, 3.63) is 69.8 Å². The summed E-state index contributed by atoms with van der Waals surface area (Å²) in [5, 5.41) is 17.0. The Bertz CT molecular complexity index is 1210. The maximum Gasteiger partial charge on any atom is 0.244 e. The van der Waals surface area contributed by atoms with E-state index in [1.54, 1.807) is 24.3 Å². The first kappa shape index (κ1) is 17.4. The summed E-state index contributed by atoms with van der Waals surface area (Å²) in [6.45, 7) is 0.133. The molecule has 1 atom stereocenters. The number of halogens is 2. The first-order valence-electron chi connectivity index (χ1n) is 8.58. The molecule has 0 aliphatic carbocycles. The normalized spacial score (nSPS) is 16.9. The zero-order valence-electron chi connectivity index (χ0n) is 14.7. The molecule has 5 rings (SSSR count). The van der Waals surface area contributed by atoms with E-state index in [9.17, 15) is 9.65 Å². The van der Waals surface area contributed by atoms with Crippen LogP contribution in [0.1, 0.15) is 17.0 Å². The van der Waals surface area contributed by atoms with Gasteiger partial charge in [-0.15, -0.1) is 5.10 Å². The number of hydrogen-bond donors (Lipinski definition) is 2. The summed E-state index contributed by atoms with van der Waals surface area (Å²) in [6, 6.07) is 11.7. The van der Waals surface area contributed by atoms with E-state index in [0.29, 0.717) is 28.3 Å². The van der Waals surface area contributed by atoms with Gasteiger partial charge in [-0.05, 0) is 30.3 Å². The van der Waals surface area contributed by atoms with Gasteiger partial charge < -0.3 is 19.9 Å². The summed E-state index contributed by atoms with van der Waals surface area (Å²) in [6.07, 6.45) is 0. The molecule has 0 fully saturated rings. The second-order valence-corrected chi connectivity index (χ2v) is 6.85. The van der Waals surface area contributed by atoms with Crippen LogP contribution in [-0.4, -0.2) is 17.0 Å². The molecule has 0 spiro atoms. The average Bonchev–Trinajstić information content (AvgIpc) is 3.33. The molecule has 2 aliphatic rings. The standard InChI is InChI=1S/C20H12ClFN4O3/c21-11-2-1-3-12(22)16(11)15-10(7-23)19(24)29-20-17(15)18(25-26-20)9-4-5-13-14(6-9)28-8-27-13/h1-6,15H,8,24H2,(H,25,26). The van der Waals surface area contributed by atoms with E-state index in [-0.39, 0.29) is 34.7 Å². The van der Waals surface area contributed by atoms with Crippen LogP contribution in [0.4, 0.5) is 4.39 Å². The van der Waals surface area contributed by atoms with E-state index in [0.717, 1.165) is 0 Å². The lowest BCUT2D eigenvalue weighted by Crippen LogP contribution is -2.21. The summed E-state index contributed by atoms with van der Waals surface area (Å²) >= 11 is 6.32. The van der Waals surface area contributed by atoms with Gasteiger partial charge in [0.25, 0.3) is 0 Å². The molecule has 3 heterocycles. The van der Waals surface area contributed by atoms with Gasteiger partial charge in [-0.3, -0.25) is 5.10 Å². The number of aromatic nitrogens is 2. The van der Waals surface area contributed by atoms with Crippen LogP contribution in [-0.2, 0) is 0 Å². The van der Waals surface area contributed by atoms with Gasteiger partial charge in [0.05, 0.1) is 17.2 Å². The SMILES string of the molecule is N#CC1=C(N)Oc2n[nH]c(-c3ccc4c(c3)OCO4)c2C1c1c(F)cccc1Cl. The molecule has 7 nitrogen and oxygen atoms in total. The number of nitriles is 1. The molecule has 0 saturated heterocycles. The molecule has 0 radical (unpaired) electrons. The lowest BCUT2D eigenvalue weighted by atomic mass is 9.82. The van der Waals surface area contributed by atoms with Gasteiger partial charge in [0.15, 0.2) is 11.5 Å². The zero-order valence-corrected chi connectivity index (χ0v) is 15.5. The predicted octanol–water partition coefficient (Wildman–Crippen LogP) is 3.82. The van der Waals surface area contributed by atoms with Gasteiger partial charge in [0, 0.05) is 16.1 Å². The highest BCUT2D eigenvalue weighted by molar-refractivity contribution is 6.31. The number of aromatic amines is 1. The van der Waals surface area contributed by atoms with E-state index in [4.69, 9.17) is 31.5 Å². The lowest BCUT2D eigenvalue weighted by molar-refractivity contribution is 0.174. The minimum Gasteiger partial charge on any atom is -0.454 e. The molecule has 0 amide bonds. The van der Waals surface area contributed by atoms with Gasteiger partial charge in [-0.1, -0.05) is 17.7 Å². The maximum atomic E-state index is 14.8. The van der Waals surface area contributed by atoms with E-state index >= 15 is 0 Å². The number of H-pyrrole nitrogens is 1. The van der Waals surface area contributed by atoms with Crippen molar-refractivity contribution < 1.29 is 18.6 Å². The number of allylic oxidation sites excluding steroid dienone is 1. The van der Waals surface area contributed by atoms with Gasteiger partial charge >= 0.3 is 0 Å². The highest BCUT2D eigenvalue weighted by atomic mass is 35.5. The third kappa shape index (κ3) is 2.59. The Kier molecular flexibility index (Phi) is 3.86. The molecule has 1 unspecified atom stereocenters. The summed E-state index contributed by atoms with van der Waals surface area (Å²) in [7, 11) is 0. The Balaban J connectivity index is 1.75. The molecular weight excluding hydrogens is 399 g/mol. The number of rotatable bonds is 2. The van der Waals surface area contributed by atoms with E-state index in [2.05, 4.69) is 10.2 Å². The Morgan fingerprint density at radius 2 is 2.03 bits per heavy atom. The highest BCUT2D eigenvalue weighted by Gasteiger charge is 2.38. The number of nitrogens with two attached hydrogens (primary N) is 1. The van der Waals surface area contributed by atoms with E-state index in [1.165, 1.54) is 12.1 Å². The second-order valence-electron chi connectivity index (χ2n) is 6.45. The van der Waals surface area contributed by atoms with Crippen LogP contribution in [0.25, 0.3) is 11.3 Å². The number of hydrogen-bond acceptors (Lipinski definition) is 6. The van der Waals surface area contributed by atoms with Crippen molar-refractivity contribution >= 4 is 11.6 Å². The molecule has 29 heavy (non-hydrogen) atoms. The van der Waals surface area contributed by atoms with Crippen LogP contribution in [0.5, 0.6) is 17.4 Å². The fraction of sp³-hybridized carbons (Fsp3) is 0.100. The molecule has 0 bridgehead atoms. The van der Waals surface area contributed by atoms with Crippen LogP contribution in [0.2, 0.25) is 5.02 Å². The minimum atomic E-state index is -0.892. The number of ether oxygens (including phenoxy) is 3. The first-order valence-corrected chi connectivity index (χ1v) is 8.96. The van der Waals surface area contributed by atoms with Gasteiger partial charge in [0.1, 0.15) is 17.5 Å². The van der Waals surface area contributed by atoms with Crippen LogP contribution in [0, 0.1) is 17.1 Å². The van der Waals surface area contributed by atoms with E-state index in [1.807, 2.05) is 6.07 Å². The summed E-state index contributed by atoms with van der Waals surface area (Å²) in [5.41, 5.74) is 7.79. The Morgan fingerprint density at radius 3 is 2.83 bits per heavy atom. The predicted molar refractivity (Wildman–Crippen MR) is 101 cm³/mol. The van der Waals surface area contributed by atoms with Crippen LogP contribution >= 0.6 is 11.6 Å². The number of nitrogens with one attached hydrogen (secondary N) is 1. The molecule has 3 N–H and O–H groups in total. The molecule has 3 aromatic rings. The fourth-order valence-corrected chi connectivity index (χ4v) is 3.86. The van der Waals surface area contributed by atoms with Crippen molar-refractivity contribution in [3.8, 4) is 34.7 Å². The highest BCUT2D eigenvalue weighted by Crippen LogP contribution is 2.48. The maximum absolute atomic E-state index is 14.8. The Hall–Kier alpha value is -3.70. The number of fused-ring (bicyclic) bond motifs is 2.